The van der Waals surface area contributed by atoms with E-state index in [-0.39, 0.29) is 5.75 Å². The number of nitrogens with zero attached hydrogens (tertiary/aromatic N) is 5. The average Bonchev–Trinajstić information content (AvgIpc) is 3.10. The molecule has 1 N–H and O–H groups in total. The van der Waals surface area contributed by atoms with Gasteiger partial charge in [0.2, 0.25) is 0 Å². The van der Waals surface area contributed by atoms with Gasteiger partial charge < -0.3 is 15.0 Å². The molecule has 1 aromatic heterocycles. The van der Waals surface area contributed by atoms with Crippen LogP contribution >= 0.6 is 0 Å². The predicted molar refractivity (Wildman–Crippen MR) is 106 cm³/mol. The lowest BCUT2D eigenvalue weighted by Crippen LogP contribution is -2.38. The lowest BCUT2D eigenvalue weighted by atomic mass is 10.2. The summed E-state index contributed by atoms with van der Waals surface area (Å²) in [5.74, 6) is 1.91. The van der Waals surface area contributed by atoms with Crippen LogP contribution in [0.1, 0.15) is 11.4 Å². The number of para-hydroxylation sites is 2. The fourth-order valence-corrected chi connectivity index (χ4v) is 2.70. The van der Waals surface area contributed by atoms with Crippen molar-refractivity contribution in [2.45, 2.75) is 13.1 Å². The van der Waals surface area contributed by atoms with Gasteiger partial charge in [-0.05, 0) is 18.2 Å². The van der Waals surface area contributed by atoms with Gasteiger partial charge in [0.1, 0.15) is 17.9 Å². The minimum Gasteiger partial charge on any atom is -0.454 e. The predicted octanol–water partition coefficient (Wildman–Crippen LogP) is 2.95. The Morgan fingerprint density at radius 1 is 1.18 bits per heavy atom. The molecule has 0 unspecified atom stereocenters. The Morgan fingerprint density at radius 2 is 1.89 bits per heavy atom. The zero-order valence-electron chi connectivity index (χ0n) is 16.1. The van der Waals surface area contributed by atoms with E-state index < -0.39 is 5.82 Å². The number of guanidine groups is 1. The summed E-state index contributed by atoms with van der Waals surface area (Å²) in [7, 11) is 5.49. The van der Waals surface area contributed by atoms with Crippen molar-refractivity contribution in [3.8, 4) is 11.5 Å². The van der Waals surface area contributed by atoms with Gasteiger partial charge in [-0.15, -0.1) is 0 Å². The number of aliphatic imine (C=N–C) groups is 1. The Morgan fingerprint density at radius 3 is 2.57 bits per heavy atom. The number of hydrogen-bond donors (Lipinski definition) is 1. The van der Waals surface area contributed by atoms with Gasteiger partial charge in [0.25, 0.3) is 0 Å². The van der Waals surface area contributed by atoms with Crippen molar-refractivity contribution in [2.24, 2.45) is 12.0 Å². The highest BCUT2D eigenvalue weighted by Gasteiger charge is 2.12. The van der Waals surface area contributed by atoms with Crippen LogP contribution in [-0.4, -0.2) is 39.7 Å². The summed E-state index contributed by atoms with van der Waals surface area (Å²) >= 11 is 0. The van der Waals surface area contributed by atoms with Crippen molar-refractivity contribution in [3.05, 3.63) is 72.1 Å². The molecule has 2 aromatic carbocycles. The van der Waals surface area contributed by atoms with Crippen molar-refractivity contribution >= 4 is 5.96 Å². The zero-order chi connectivity index (χ0) is 19.9. The summed E-state index contributed by atoms with van der Waals surface area (Å²) in [5.41, 5.74) is 0.888. The Hall–Kier alpha value is -3.42. The summed E-state index contributed by atoms with van der Waals surface area (Å²) in [6.07, 6.45) is 1.52. The summed E-state index contributed by atoms with van der Waals surface area (Å²) in [5, 5.41) is 7.38. The third kappa shape index (κ3) is 4.64. The molecule has 1 heterocycles. The third-order valence-electron chi connectivity index (χ3n) is 4.22. The first-order chi connectivity index (χ1) is 13.6. The molecule has 0 saturated carbocycles. The van der Waals surface area contributed by atoms with Crippen LogP contribution in [0.3, 0.4) is 0 Å². The molecule has 0 saturated heterocycles. The Balaban J connectivity index is 1.68. The van der Waals surface area contributed by atoms with Gasteiger partial charge in [0.05, 0.1) is 6.54 Å². The van der Waals surface area contributed by atoms with Crippen molar-refractivity contribution in [3.63, 3.8) is 0 Å². The lowest BCUT2D eigenvalue weighted by molar-refractivity contribution is 0.433. The second kappa shape index (κ2) is 8.98. The van der Waals surface area contributed by atoms with Crippen LogP contribution in [-0.2, 0) is 20.1 Å². The molecule has 28 heavy (non-hydrogen) atoms. The van der Waals surface area contributed by atoms with Crippen molar-refractivity contribution in [1.82, 2.24) is 25.0 Å². The quantitative estimate of drug-likeness (QED) is 0.524. The highest BCUT2D eigenvalue weighted by Crippen LogP contribution is 2.27. The third-order valence-corrected chi connectivity index (χ3v) is 4.22. The van der Waals surface area contributed by atoms with E-state index in [0.717, 1.165) is 11.4 Å². The van der Waals surface area contributed by atoms with E-state index in [1.165, 1.54) is 12.4 Å². The zero-order valence-corrected chi connectivity index (χ0v) is 16.1. The molecule has 0 amide bonds. The smallest absolute Gasteiger partial charge is 0.194 e. The lowest BCUT2D eigenvalue weighted by Gasteiger charge is -2.22. The van der Waals surface area contributed by atoms with Gasteiger partial charge in [-0.2, -0.15) is 5.10 Å². The van der Waals surface area contributed by atoms with E-state index in [9.17, 15) is 4.39 Å². The molecular weight excluding hydrogens is 359 g/mol. The van der Waals surface area contributed by atoms with Crippen molar-refractivity contribution < 1.29 is 9.13 Å². The molecule has 0 atom stereocenters. The molecule has 0 fully saturated rings. The van der Waals surface area contributed by atoms with E-state index in [1.54, 1.807) is 29.9 Å². The number of nitrogens with one attached hydrogen (secondary N) is 1. The van der Waals surface area contributed by atoms with Crippen molar-refractivity contribution in [2.75, 3.05) is 14.1 Å². The first-order valence-electron chi connectivity index (χ1n) is 8.83. The van der Waals surface area contributed by atoms with E-state index >= 15 is 0 Å². The summed E-state index contributed by atoms with van der Waals surface area (Å²) in [4.78, 5) is 10.5. The highest BCUT2D eigenvalue weighted by molar-refractivity contribution is 5.79. The standard InChI is InChI=1S/C20H23FN6O/c1-22-20(26(2)13-19-24-14-25-27(19)3)23-12-15-8-4-6-10-17(15)28-18-11-7-5-9-16(18)21/h4-11,14H,12-13H2,1-3H3,(H,22,23). The van der Waals surface area contributed by atoms with E-state index in [4.69, 9.17) is 4.74 Å². The number of aromatic nitrogens is 3. The van der Waals surface area contributed by atoms with Crippen molar-refractivity contribution in [1.29, 1.82) is 0 Å². The topological polar surface area (TPSA) is 67.6 Å². The molecule has 0 bridgehead atoms. The largest absolute Gasteiger partial charge is 0.454 e. The van der Waals surface area contributed by atoms with E-state index in [0.29, 0.717) is 24.8 Å². The van der Waals surface area contributed by atoms with Gasteiger partial charge in [-0.25, -0.2) is 9.37 Å². The normalized spacial score (nSPS) is 11.4. The number of halogens is 1. The SMILES string of the molecule is CN=C(NCc1ccccc1Oc1ccccc1F)N(C)Cc1ncnn1C. The Labute approximate surface area is 163 Å². The maximum atomic E-state index is 13.9. The first-order valence-corrected chi connectivity index (χ1v) is 8.83. The molecule has 8 heteroatoms. The van der Waals surface area contributed by atoms with Crippen LogP contribution in [0.15, 0.2) is 59.9 Å². The minimum atomic E-state index is -0.399. The molecule has 0 aliphatic heterocycles. The molecule has 0 spiro atoms. The molecule has 7 nitrogen and oxygen atoms in total. The fraction of sp³-hybridized carbons (Fsp3) is 0.250. The summed E-state index contributed by atoms with van der Waals surface area (Å²) in [6.45, 7) is 1.03. The van der Waals surface area contributed by atoms with Crippen LogP contribution in [0.2, 0.25) is 0 Å². The summed E-state index contributed by atoms with van der Waals surface area (Å²) in [6, 6.07) is 13.9. The summed E-state index contributed by atoms with van der Waals surface area (Å²) < 4.78 is 21.4. The average molecular weight is 382 g/mol. The second-order valence-corrected chi connectivity index (χ2v) is 6.20. The number of rotatable bonds is 6. The molecule has 3 rings (SSSR count). The number of aryl methyl sites for hydroxylation is 1. The maximum Gasteiger partial charge on any atom is 0.194 e. The monoisotopic (exact) mass is 382 g/mol. The fourth-order valence-electron chi connectivity index (χ4n) is 2.70. The second-order valence-electron chi connectivity index (χ2n) is 6.20. The molecular formula is C20H23FN6O. The van der Waals surface area contributed by atoms with Gasteiger partial charge in [-0.1, -0.05) is 30.3 Å². The van der Waals surface area contributed by atoms with Crippen LogP contribution in [0.5, 0.6) is 11.5 Å². The van der Waals surface area contributed by atoms with Gasteiger partial charge in [0, 0.05) is 33.3 Å². The molecule has 0 aliphatic rings. The molecule has 146 valence electrons. The van der Waals surface area contributed by atoms with Crippen LogP contribution in [0.4, 0.5) is 4.39 Å². The van der Waals surface area contributed by atoms with Crippen LogP contribution in [0.25, 0.3) is 0 Å². The van der Waals surface area contributed by atoms with Gasteiger partial charge >= 0.3 is 0 Å². The maximum absolute atomic E-state index is 13.9. The van der Waals surface area contributed by atoms with Crippen LogP contribution in [0, 0.1) is 5.82 Å². The number of benzene rings is 2. The van der Waals surface area contributed by atoms with Gasteiger partial charge in [0.15, 0.2) is 17.5 Å². The Kier molecular flexibility index (Phi) is 6.21. The van der Waals surface area contributed by atoms with E-state index in [2.05, 4.69) is 20.4 Å². The van der Waals surface area contributed by atoms with E-state index in [1.807, 2.05) is 43.3 Å². The number of ether oxygens (including phenoxy) is 1. The Bertz CT molecular complexity index is 955. The first kappa shape index (κ1) is 19.3. The highest BCUT2D eigenvalue weighted by atomic mass is 19.1. The molecule has 0 aliphatic carbocycles. The van der Waals surface area contributed by atoms with Crippen LogP contribution < -0.4 is 10.1 Å². The molecule has 3 aromatic rings. The minimum absolute atomic E-state index is 0.193. The van der Waals surface area contributed by atoms with Gasteiger partial charge in [-0.3, -0.25) is 9.67 Å². The molecule has 0 radical (unpaired) electrons. The number of hydrogen-bond acceptors (Lipinski definition) is 4.